The van der Waals surface area contributed by atoms with Crippen molar-refractivity contribution >= 4 is 22.7 Å². The van der Waals surface area contributed by atoms with Gasteiger partial charge in [0, 0.05) is 7.05 Å². The molecule has 0 spiro atoms. The van der Waals surface area contributed by atoms with Gasteiger partial charge in [0.2, 0.25) is 0 Å². The molecule has 0 radical (unpaired) electrons. The summed E-state index contributed by atoms with van der Waals surface area (Å²) in [5.41, 5.74) is 0.509. The normalized spacial score (nSPS) is 11.9. The summed E-state index contributed by atoms with van der Waals surface area (Å²) < 4.78 is 5.29. The monoisotopic (exact) mass is 257 g/mol. The third-order valence-corrected chi connectivity index (χ3v) is 2.55. The molecule has 3 N–H and O–H groups in total. The Balaban J connectivity index is 2.01. The van der Waals surface area contributed by atoms with E-state index in [0.717, 1.165) is 0 Å². The first-order valence-electron chi connectivity index (χ1n) is 5.51. The molecule has 0 unspecified atom stereocenters. The van der Waals surface area contributed by atoms with Crippen molar-refractivity contribution in [2.75, 3.05) is 18.2 Å². The fraction of sp³-hybridized carbons (Fsp3) is 0.0909. The van der Waals surface area contributed by atoms with Gasteiger partial charge < -0.3 is 15.6 Å². The molecule has 3 rings (SSSR count). The molecule has 96 valence electrons. The fourth-order valence-electron chi connectivity index (χ4n) is 1.71. The topological polar surface area (TPSA) is 107 Å². The molecule has 0 bridgehead atoms. The summed E-state index contributed by atoms with van der Waals surface area (Å²) in [6.45, 7) is 0. The smallest absolute Gasteiger partial charge is 0.188 e. The Labute approximate surface area is 107 Å². The van der Waals surface area contributed by atoms with Gasteiger partial charge in [0.15, 0.2) is 17.2 Å². The first kappa shape index (κ1) is 11.2. The van der Waals surface area contributed by atoms with Gasteiger partial charge in [0.05, 0.1) is 17.8 Å². The van der Waals surface area contributed by atoms with Crippen molar-refractivity contribution in [2.24, 2.45) is 4.99 Å². The molecule has 0 aliphatic carbocycles. The van der Waals surface area contributed by atoms with E-state index in [1.54, 1.807) is 31.6 Å². The van der Waals surface area contributed by atoms with Crippen LogP contribution in [0.1, 0.15) is 5.76 Å². The number of nitrogen functional groups attached to an aromatic ring is 1. The van der Waals surface area contributed by atoms with E-state index in [9.17, 15) is 0 Å². The van der Waals surface area contributed by atoms with Crippen LogP contribution in [-0.4, -0.2) is 32.7 Å². The molecule has 0 fully saturated rings. The van der Waals surface area contributed by atoms with Gasteiger partial charge in [0.25, 0.3) is 0 Å². The summed E-state index contributed by atoms with van der Waals surface area (Å²) in [5.74, 6) is 7.33. The van der Waals surface area contributed by atoms with Gasteiger partial charge in [-0.2, -0.15) is 4.79 Å². The first-order chi connectivity index (χ1) is 9.28. The summed E-state index contributed by atoms with van der Waals surface area (Å²) in [7, 11) is 1.66. The number of nitrogens with one attached hydrogen (secondary N) is 1. The van der Waals surface area contributed by atoms with Gasteiger partial charge in [-0.25, -0.2) is 9.97 Å². The number of aromatic nitrogens is 4. The Morgan fingerprint density at radius 1 is 1.47 bits per heavy atom. The molecule has 0 saturated heterocycles. The maximum Gasteiger partial charge on any atom is 0.188 e. The number of nitrogens with zero attached hydrogens (tertiary/aromatic N) is 5. The number of aliphatic imine (C=N–C) groups is 1. The van der Waals surface area contributed by atoms with Crippen LogP contribution in [0.4, 0.5) is 5.82 Å². The number of nitrogens with two attached hydrogens (primary N) is 1. The largest absolute Gasteiger partial charge is 0.461 e. The highest BCUT2D eigenvalue weighted by molar-refractivity contribution is 6.08. The van der Waals surface area contributed by atoms with Crippen LogP contribution in [0.15, 0.2) is 40.3 Å². The van der Waals surface area contributed by atoms with Crippen LogP contribution in [0.5, 0.6) is 0 Å². The maximum absolute atomic E-state index is 5.58. The van der Waals surface area contributed by atoms with Crippen LogP contribution in [0.3, 0.4) is 0 Å². The van der Waals surface area contributed by atoms with E-state index in [4.69, 9.17) is 10.3 Å². The average Bonchev–Trinajstić information content (AvgIpc) is 3.03. The molecule has 0 aromatic carbocycles. The van der Waals surface area contributed by atoms with Crippen LogP contribution in [0.25, 0.3) is 11.0 Å². The van der Waals surface area contributed by atoms with Crippen molar-refractivity contribution in [1.82, 2.24) is 19.9 Å². The highest BCUT2D eigenvalue weighted by Gasteiger charge is 2.11. The lowest BCUT2D eigenvalue weighted by molar-refractivity contribution is 0.557. The van der Waals surface area contributed by atoms with Crippen LogP contribution in [-0.2, 0) is 0 Å². The van der Waals surface area contributed by atoms with Crippen molar-refractivity contribution in [3.8, 4) is 0 Å². The number of furan rings is 1. The number of hydrogen-bond acceptors (Lipinski definition) is 6. The molecule has 0 aliphatic rings. The minimum absolute atomic E-state index is 0.509. The van der Waals surface area contributed by atoms with E-state index >= 15 is 0 Å². The summed E-state index contributed by atoms with van der Waals surface area (Å²) in [6.07, 6.45) is 4.62. The minimum atomic E-state index is 0.509. The average molecular weight is 257 g/mol. The lowest BCUT2D eigenvalue weighted by atomic mass is 10.3. The maximum atomic E-state index is 5.58. The lowest BCUT2D eigenvalue weighted by Crippen LogP contribution is -2.14. The Bertz CT molecular complexity index is 729. The second kappa shape index (κ2) is 4.41. The summed E-state index contributed by atoms with van der Waals surface area (Å²) in [4.78, 5) is 13.5. The predicted octanol–water partition coefficient (Wildman–Crippen LogP) is 0.622. The molecule has 0 aliphatic heterocycles. The molecule has 3 aromatic rings. The molecule has 8 heteroatoms. The third-order valence-electron chi connectivity index (χ3n) is 2.55. The van der Waals surface area contributed by atoms with E-state index in [2.05, 4.69) is 25.4 Å². The van der Waals surface area contributed by atoms with Crippen molar-refractivity contribution in [3.05, 3.63) is 36.7 Å². The van der Waals surface area contributed by atoms with Crippen LogP contribution in [0.2, 0.25) is 0 Å². The van der Waals surface area contributed by atoms with Crippen molar-refractivity contribution in [2.45, 2.75) is 0 Å². The molecule has 8 nitrogen and oxygen atoms in total. The highest BCUT2D eigenvalue weighted by Crippen LogP contribution is 2.18. The molecule has 3 heterocycles. The Kier molecular flexibility index (Phi) is 2.60. The van der Waals surface area contributed by atoms with E-state index in [1.165, 1.54) is 11.1 Å². The fourth-order valence-corrected chi connectivity index (χ4v) is 1.71. The number of hydrogen-bond donors (Lipinski definition) is 2. The summed E-state index contributed by atoms with van der Waals surface area (Å²) in [5, 5.41) is 7.80. The zero-order valence-electron chi connectivity index (χ0n) is 10.1. The van der Waals surface area contributed by atoms with E-state index < -0.39 is 0 Å². The molecule has 19 heavy (non-hydrogen) atoms. The second-order valence-corrected chi connectivity index (χ2v) is 3.74. The van der Waals surface area contributed by atoms with Gasteiger partial charge in [-0.15, -0.1) is 5.10 Å². The lowest BCUT2D eigenvalue weighted by Gasteiger charge is -2.06. The second-order valence-electron chi connectivity index (χ2n) is 3.74. The molecular weight excluding hydrogens is 246 g/mol. The molecule has 0 atom stereocenters. The molecule has 0 saturated carbocycles. The zero-order valence-corrected chi connectivity index (χ0v) is 10.1. The van der Waals surface area contributed by atoms with Gasteiger partial charge in [-0.1, -0.05) is 0 Å². The SMILES string of the molecule is CN=C(Nc1ncnc2nn(N)cc12)c1ccco1. The van der Waals surface area contributed by atoms with Gasteiger partial charge >= 0.3 is 0 Å². The Hall–Kier alpha value is -2.90. The molecule has 3 aromatic heterocycles. The van der Waals surface area contributed by atoms with Gasteiger partial charge in [0.1, 0.15) is 12.1 Å². The van der Waals surface area contributed by atoms with Crippen molar-refractivity contribution in [3.63, 3.8) is 0 Å². The van der Waals surface area contributed by atoms with Gasteiger partial charge in [-0.05, 0) is 12.1 Å². The van der Waals surface area contributed by atoms with Crippen molar-refractivity contribution < 1.29 is 4.42 Å². The first-order valence-corrected chi connectivity index (χ1v) is 5.51. The molecule has 0 amide bonds. The van der Waals surface area contributed by atoms with Gasteiger partial charge in [-0.3, -0.25) is 4.99 Å². The third kappa shape index (κ3) is 1.99. The van der Waals surface area contributed by atoms with E-state index in [-0.39, 0.29) is 0 Å². The highest BCUT2D eigenvalue weighted by atomic mass is 16.3. The number of anilines is 1. The van der Waals surface area contributed by atoms with Crippen LogP contribution < -0.4 is 11.2 Å². The summed E-state index contributed by atoms with van der Waals surface area (Å²) in [6, 6.07) is 3.59. The summed E-state index contributed by atoms with van der Waals surface area (Å²) >= 11 is 0. The zero-order chi connectivity index (χ0) is 13.2. The van der Waals surface area contributed by atoms with Crippen molar-refractivity contribution in [1.29, 1.82) is 0 Å². The minimum Gasteiger partial charge on any atom is -0.461 e. The Morgan fingerprint density at radius 3 is 3.11 bits per heavy atom. The standard InChI is InChI=1S/C11H11N7O/c1-13-11(8-3-2-4-19-8)16-9-7-5-18(12)17-10(7)15-6-14-9/h2-6H,12H2,1H3,(H,13,14,15,16,17). The van der Waals surface area contributed by atoms with E-state index in [1.807, 2.05) is 0 Å². The Morgan fingerprint density at radius 2 is 2.37 bits per heavy atom. The number of amidine groups is 1. The van der Waals surface area contributed by atoms with E-state index in [0.29, 0.717) is 28.4 Å². The predicted molar refractivity (Wildman–Crippen MR) is 70.3 cm³/mol. The molecular formula is C11H11N7O. The quantitative estimate of drug-likeness (QED) is 0.396. The van der Waals surface area contributed by atoms with Crippen LogP contribution in [0, 0.1) is 0 Å². The number of rotatable bonds is 2. The van der Waals surface area contributed by atoms with Crippen LogP contribution >= 0.6 is 0 Å². The number of fused-ring (bicyclic) bond motifs is 1.